The fraction of sp³-hybridized carbons (Fsp3) is 0.462. The maximum absolute atomic E-state index is 13.7. The molecule has 1 fully saturated rings. The van der Waals surface area contributed by atoms with E-state index in [0.717, 1.165) is 35.6 Å². The molecule has 0 radical (unpaired) electrons. The fourth-order valence-corrected chi connectivity index (χ4v) is 4.41. The van der Waals surface area contributed by atoms with Gasteiger partial charge in [-0.05, 0) is 99.9 Å². The summed E-state index contributed by atoms with van der Waals surface area (Å²) in [4.78, 5) is 10.9. The molecule has 1 aromatic carbocycles. The fourth-order valence-electron chi connectivity index (χ4n) is 4.16. The Morgan fingerprint density at radius 2 is 1.88 bits per heavy atom. The van der Waals surface area contributed by atoms with Crippen molar-refractivity contribution < 1.29 is 27.8 Å². The van der Waals surface area contributed by atoms with E-state index in [1.807, 2.05) is 26.0 Å². The zero-order valence-electron chi connectivity index (χ0n) is 19.6. The lowest BCUT2D eigenvalue weighted by atomic mass is 9.89. The topological polar surface area (TPSA) is 58.9 Å². The van der Waals surface area contributed by atoms with Gasteiger partial charge in [-0.25, -0.2) is 4.40 Å². The van der Waals surface area contributed by atoms with Crippen molar-refractivity contribution in [1.29, 1.82) is 0 Å². The third kappa shape index (κ3) is 6.34. The predicted octanol–water partition coefficient (Wildman–Crippen LogP) is 6.92. The number of carboxylic acid groups (broad SMARTS) is 1. The third-order valence-electron chi connectivity index (χ3n) is 6.68. The average Bonchev–Trinajstić information content (AvgIpc) is 3.63. The Morgan fingerprint density at radius 3 is 2.41 bits per heavy atom. The number of alkyl halides is 3. The lowest BCUT2D eigenvalue weighted by Gasteiger charge is -2.22. The van der Waals surface area contributed by atoms with Crippen LogP contribution in [0.3, 0.4) is 0 Å². The van der Waals surface area contributed by atoms with E-state index >= 15 is 0 Å². The first-order chi connectivity index (χ1) is 16.0. The van der Waals surface area contributed by atoms with E-state index in [9.17, 15) is 18.0 Å². The van der Waals surface area contributed by atoms with Crippen LogP contribution >= 0.6 is 12.8 Å². The summed E-state index contributed by atoms with van der Waals surface area (Å²) in [5.74, 6) is 0.190. The second kappa shape index (κ2) is 10.8. The first kappa shape index (κ1) is 26.1. The molecule has 0 spiro atoms. The molecule has 0 aromatic heterocycles. The van der Waals surface area contributed by atoms with Crippen molar-refractivity contribution in [3.63, 3.8) is 0 Å². The Kier molecular flexibility index (Phi) is 8.34. The molecule has 0 bridgehead atoms. The summed E-state index contributed by atoms with van der Waals surface area (Å²) in [6, 6.07) is 3.45. The number of aryl methyl sites for hydroxylation is 1. The average molecular weight is 494 g/mol. The molecule has 184 valence electrons. The van der Waals surface area contributed by atoms with Crippen LogP contribution in [0, 0.1) is 19.8 Å². The van der Waals surface area contributed by atoms with E-state index < -0.39 is 17.7 Å². The molecule has 0 amide bonds. The number of nitrogens with zero attached hydrogens (tertiary/aromatic N) is 1. The van der Waals surface area contributed by atoms with Crippen LogP contribution in [0.4, 0.5) is 13.2 Å². The zero-order chi connectivity index (χ0) is 25.0. The number of carbonyl (C=O) groups is 1. The van der Waals surface area contributed by atoms with Crippen molar-refractivity contribution in [1.82, 2.24) is 0 Å². The molecule has 0 aliphatic heterocycles. The van der Waals surface area contributed by atoms with Crippen molar-refractivity contribution in [3.8, 4) is 5.75 Å². The Labute approximate surface area is 203 Å². The molecule has 8 heteroatoms. The van der Waals surface area contributed by atoms with Gasteiger partial charge in [0.05, 0.1) is 5.71 Å². The molecule has 0 heterocycles. The van der Waals surface area contributed by atoms with Crippen LogP contribution in [0.25, 0.3) is 0 Å². The molecule has 1 aromatic rings. The van der Waals surface area contributed by atoms with Crippen LogP contribution < -0.4 is 4.74 Å². The summed E-state index contributed by atoms with van der Waals surface area (Å²) in [5.41, 5.74) is 3.99. The highest BCUT2D eigenvalue weighted by molar-refractivity contribution is 7.79. The van der Waals surface area contributed by atoms with Crippen molar-refractivity contribution >= 4 is 24.5 Å². The van der Waals surface area contributed by atoms with E-state index in [0.29, 0.717) is 24.5 Å². The van der Waals surface area contributed by atoms with Gasteiger partial charge in [0.2, 0.25) is 0 Å². The van der Waals surface area contributed by atoms with Crippen LogP contribution in [0.15, 0.2) is 51.0 Å². The number of benzene rings is 1. The normalized spacial score (nSPS) is 17.7. The van der Waals surface area contributed by atoms with Crippen LogP contribution in [-0.4, -0.2) is 29.6 Å². The van der Waals surface area contributed by atoms with Gasteiger partial charge in [0.15, 0.2) is 0 Å². The van der Waals surface area contributed by atoms with Gasteiger partial charge in [0.25, 0.3) is 0 Å². The smallest absolute Gasteiger partial charge is 0.412 e. The molecular weight excluding hydrogens is 463 g/mol. The number of hydrogen-bond acceptors (Lipinski definition) is 4. The summed E-state index contributed by atoms with van der Waals surface area (Å²) >= 11 is 4.02. The molecule has 1 saturated carbocycles. The highest BCUT2D eigenvalue weighted by Crippen LogP contribution is 2.41. The lowest BCUT2D eigenvalue weighted by molar-refractivity contribution is -0.136. The summed E-state index contributed by atoms with van der Waals surface area (Å²) < 4.78 is 51.1. The van der Waals surface area contributed by atoms with Gasteiger partial charge >= 0.3 is 12.1 Å². The number of rotatable bonds is 9. The first-order valence-electron chi connectivity index (χ1n) is 11.4. The van der Waals surface area contributed by atoms with Gasteiger partial charge in [-0.1, -0.05) is 23.8 Å². The number of hydrogen-bond donors (Lipinski definition) is 2. The van der Waals surface area contributed by atoms with Gasteiger partial charge < -0.3 is 9.84 Å². The molecule has 0 atom stereocenters. The van der Waals surface area contributed by atoms with Crippen molar-refractivity contribution in [2.45, 2.75) is 65.5 Å². The number of allylic oxidation sites excluding steroid dienone is 5. The van der Waals surface area contributed by atoms with Crippen molar-refractivity contribution in [3.05, 3.63) is 63.3 Å². The number of ether oxygens (including phenoxy) is 1. The minimum absolute atomic E-state index is 0.00589. The van der Waals surface area contributed by atoms with E-state index in [1.54, 1.807) is 12.1 Å². The van der Waals surface area contributed by atoms with E-state index in [2.05, 4.69) is 17.2 Å². The minimum Gasteiger partial charge on any atom is -0.489 e. The van der Waals surface area contributed by atoms with Gasteiger partial charge in [-0.3, -0.25) is 4.79 Å². The summed E-state index contributed by atoms with van der Waals surface area (Å²) in [6.45, 7) is 4.40. The van der Waals surface area contributed by atoms with E-state index in [1.165, 1.54) is 18.4 Å². The minimum atomic E-state index is -4.53. The first-order valence-corrected chi connectivity index (χ1v) is 11.8. The lowest BCUT2D eigenvalue weighted by Crippen LogP contribution is -2.22. The molecule has 0 unspecified atom stereocenters. The molecule has 2 aliphatic rings. The molecule has 4 nitrogen and oxygen atoms in total. The second-order valence-corrected chi connectivity index (χ2v) is 9.11. The Hall–Kier alpha value is -2.48. The van der Waals surface area contributed by atoms with Crippen LogP contribution in [0.5, 0.6) is 5.75 Å². The van der Waals surface area contributed by atoms with Crippen LogP contribution in [0.2, 0.25) is 0 Å². The van der Waals surface area contributed by atoms with Crippen LogP contribution in [-0.2, 0) is 11.2 Å². The van der Waals surface area contributed by atoms with Gasteiger partial charge in [0, 0.05) is 17.6 Å². The molecule has 34 heavy (non-hydrogen) atoms. The Bertz CT molecular complexity index is 1080. The summed E-state index contributed by atoms with van der Waals surface area (Å²) in [6.07, 6.45) is 3.53. The maximum atomic E-state index is 13.7. The predicted molar refractivity (Wildman–Crippen MR) is 131 cm³/mol. The zero-order valence-corrected chi connectivity index (χ0v) is 20.5. The summed E-state index contributed by atoms with van der Waals surface area (Å²) in [5, 5.41) is 8.93. The second-order valence-electron chi connectivity index (χ2n) is 8.91. The van der Waals surface area contributed by atoms with Gasteiger partial charge in [-0.2, -0.15) is 13.2 Å². The van der Waals surface area contributed by atoms with Crippen molar-refractivity contribution in [2.75, 3.05) is 6.61 Å². The van der Waals surface area contributed by atoms with E-state index in [-0.39, 0.29) is 24.3 Å². The quantitative estimate of drug-likeness (QED) is 0.290. The number of aliphatic carboxylic acids is 1. The van der Waals surface area contributed by atoms with Gasteiger partial charge in [0.1, 0.15) is 12.4 Å². The monoisotopic (exact) mass is 493 g/mol. The number of thiol groups is 1. The molecule has 1 N–H and O–H groups in total. The number of carboxylic acids is 1. The highest BCUT2D eigenvalue weighted by atomic mass is 32.1. The SMILES string of the molecule is C/C(=C(/COc1ccc(CCC(=O)O)c(C)c1C)C(=NS)C1=CC=C(C2CC2)CC1)C(F)(F)F. The van der Waals surface area contributed by atoms with Gasteiger partial charge in [-0.15, -0.1) is 0 Å². The van der Waals surface area contributed by atoms with Crippen LogP contribution in [0.1, 0.15) is 55.7 Å². The highest BCUT2D eigenvalue weighted by Gasteiger charge is 2.35. The molecule has 0 saturated heterocycles. The Balaban J connectivity index is 1.87. The molecular formula is C26H30F3NO3S. The number of halogens is 3. The van der Waals surface area contributed by atoms with Crippen molar-refractivity contribution in [2.24, 2.45) is 10.3 Å². The Morgan fingerprint density at radius 1 is 1.18 bits per heavy atom. The molecule has 2 aliphatic carbocycles. The third-order valence-corrected chi connectivity index (χ3v) is 6.88. The summed E-state index contributed by atoms with van der Waals surface area (Å²) in [7, 11) is 0. The molecule has 3 rings (SSSR count). The maximum Gasteiger partial charge on any atom is 0.412 e. The standard InChI is InChI=1S/C26H30F3NO3S/c1-15-16(2)23(12-10-18(15)11-13-24(31)32)33-14-22(17(3)26(27,28)29)25(30-34)21-8-6-20(7-9-21)19-4-5-19/h6,8,10,12,19,34H,4-5,7,9,11,13-14H2,1-3H3,(H,31,32)/b22-17+,30-25?. The largest absolute Gasteiger partial charge is 0.489 e. The van der Waals surface area contributed by atoms with E-state index in [4.69, 9.17) is 9.84 Å².